The van der Waals surface area contributed by atoms with E-state index in [1.807, 2.05) is 18.7 Å². The predicted molar refractivity (Wildman–Crippen MR) is 87.2 cm³/mol. The summed E-state index contributed by atoms with van der Waals surface area (Å²) in [6.07, 6.45) is 1.83. The molecule has 116 valence electrons. The topological polar surface area (TPSA) is 39.1 Å². The van der Waals surface area contributed by atoms with E-state index in [9.17, 15) is 0 Å². The minimum absolute atomic E-state index is 0.207. The van der Waals surface area contributed by atoms with Crippen molar-refractivity contribution in [2.75, 3.05) is 13.2 Å². The maximum atomic E-state index is 5.92. The molecule has 1 unspecified atom stereocenters. The molecule has 0 spiro atoms. The molecule has 1 N–H and O–H groups in total. The van der Waals surface area contributed by atoms with Crippen LogP contribution >= 0.6 is 15.9 Å². The molecule has 1 aromatic rings. The second kappa shape index (κ2) is 7.57. The molecular weight excluding hydrogens is 318 g/mol. The summed E-state index contributed by atoms with van der Waals surface area (Å²) in [4.78, 5) is 0. The van der Waals surface area contributed by atoms with E-state index in [1.54, 1.807) is 0 Å². The predicted octanol–water partition coefficient (Wildman–Crippen LogP) is 3.08. The number of nitrogens with one attached hydrogen (secondary N) is 1. The summed E-state index contributed by atoms with van der Waals surface area (Å²) >= 11 is 3.70. The van der Waals surface area contributed by atoms with Gasteiger partial charge in [0.05, 0.1) is 21.5 Å². The first-order valence-corrected chi connectivity index (χ1v) is 8.24. The van der Waals surface area contributed by atoms with E-state index in [1.165, 1.54) is 5.69 Å². The van der Waals surface area contributed by atoms with Gasteiger partial charge in [-0.3, -0.25) is 4.68 Å². The molecule has 0 fully saturated rings. The Morgan fingerprint density at radius 3 is 2.45 bits per heavy atom. The summed E-state index contributed by atoms with van der Waals surface area (Å²) in [5.74, 6) is 0. The quantitative estimate of drug-likeness (QED) is 0.786. The zero-order valence-electron chi connectivity index (χ0n) is 13.6. The van der Waals surface area contributed by atoms with E-state index in [0.29, 0.717) is 0 Å². The Hall–Kier alpha value is -0.390. The SMILES string of the molecule is CCNC(Cc1c(Br)c(CC)nn1C)C(C)(C)OCC. The largest absolute Gasteiger partial charge is 0.374 e. The molecule has 0 aromatic carbocycles. The minimum atomic E-state index is -0.207. The van der Waals surface area contributed by atoms with E-state index in [2.05, 4.69) is 54.0 Å². The highest BCUT2D eigenvalue weighted by atomic mass is 79.9. The normalized spacial score (nSPS) is 13.8. The molecule has 0 amide bonds. The maximum absolute atomic E-state index is 5.92. The average Bonchev–Trinajstić information content (AvgIpc) is 2.65. The number of nitrogens with zero attached hydrogens (tertiary/aromatic N) is 2. The van der Waals surface area contributed by atoms with Crippen molar-refractivity contribution >= 4 is 15.9 Å². The Kier molecular flexibility index (Phi) is 6.69. The van der Waals surface area contributed by atoms with E-state index >= 15 is 0 Å². The summed E-state index contributed by atoms with van der Waals surface area (Å²) in [6, 6.07) is 0.254. The Bertz CT molecular complexity index is 429. The number of ether oxygens (including phenoxy) is 1. The van der Waals surface area contributed by atoms with Crippen molar-refractivity contribution in [3.8, 4) is 0 Å². The van der Waals surface area contributed by atoms with Crippen LogP contribution in [0.1, 0.15) is 46.0 Å². The van der Waals surface area contributed by atoms with E-state index in [4.69, 9.17) is 4.74 Å². The third kappa shape index (κ3) is 4.06. The highest BCUT2D eigenvalue weighted by Crippen LogP contribution is 2.26. The molecule has 0 saturated carbocycles. The average molecular weight is 346 g/mol. The number of aryl methyl sites for hydroxylation is 2. The molecule has 0 aliphatic carbocycles. The molecule has 5 heteroatoms. The van der Waals surface area contributed by atoms with Crippen LogP contribution in [0, 0.1) is 0 Å². The Labute approximate surface area is 131 Å². The van der Waals surface area contributed by atoms with Crippen LogP contribution in [0.4, 0.5) is 0 Å². The van der Waals surface area contributed by atoms with Gasteiger partial charge in [-0.25, -0.2) is 0 Å². The molecule has 0 aliphatic heterocycles. The molecule has 0 bridgehead atoms. The van der Waals surface area contributed by atoms with Gasteiger partial charge in [0.25, 0.3) is 0 Å². The number of hydrogen-bond donors (Lipinski definition) is 1. The van der Waals surface area contributed by atoms with Crippen LogP contribution in [-0.4, -0.2) is 34.6 Å². The first-order chi connectivity index (χ1) is 9.37. The monoisotopic (exact) mass is 345 g/mol. The summed E-state index contributed by atoms with van der Waals surface area (Å²) in [6.45, 7) is 12.2. The maximum Gasteiger partial charge on any atom is 0.0782 e. The van der Waals surface area contributed by atoms with Crippen molar-refractivity contribution in [1.82, 2.24) is 15.1 Å². The lowest BCUT2D eigenvalue weighted by molar-refractivity contribution is -0.0380. The fraction of sp³-hybridized carbons (Fsp3) is 0.800. The van der Waals surface area contributed by atoms with Crippen molar-refractivity contribution < 1.29 is 4.74 Å². The molecule has 1 rings (SSSR count). The van der Waals surface area contributed by atoms with Crippen molar-refractivity contribution in [1.29, 1.82) is 0 Å². The highest BCUT2D eigenvalue weighted by molar-refractivity contribution is 9.10. The van der Waals surface area contributed by atoms with Crippen LogP contribution in [0.25, 0.3) is 0 Å². The van der Waals surface area contributed by atoms with Crippen LogP contribution in [0.5, 0.6) is 0 Å². The van der Waals surface area contributed by atoms with Crippen LogP contribution in [0.15, 0.2) is 4.47 Å². The van der Waals surface area contributed by atoms with Crippen LogP contribution in [0.2, 0.25) is 0 Å². The number of aromatic nitrogens is 2. The fourth-order valence-corrected chi connectivity index (χ4v) is 3.30. The fourth-order valence-electron chi connectivity index (χ4n) is 2.52. The van der Waals surface area contributed by atoms with Gasteiger partial charge < -0.3 is 10.1 Å². The van der Waals surface area contributed by atoms with Gasteiger partial charge in [0.1, 0.15) is 0 Å². The summed E-state index contributed by atoms with van der Waals surface area (Å²) in [5, 5.41) is 8.12. The number of rotatable bonds is 8. The standard InChI is InChI=1S/C15H28BrN3O/c1-7-11-14(16)12(19(6)18-11)10-13(17-8-2)15(4,5)20-9-3/h13,17H,7-10H2,1-6H3. The highest BCUT2D eigenvalue weighted by Gasteiger charge is 2.31. The molecular formula is C15H28BrN3O. The Morgan fingerprint density at radius 1 is 1.35 bits per heavy atom. The summed E-state index contributed by atoms with van der Waals surface area (Å²) in [5.41, 5.74) is 2.13. The number of likely N-dealkylation sites (N-methyl/N-ethyl adjacent to an activating group) is 1. The molecule has 20 heavy (non-hydrogen) atoms. The van der Waals surface area contributed by atoms with Crippen molar-refractivity contribution in [3.63, 3.8) is 0 Å². The minimum Gasteiger partial charge on any atom is -0.374 e. The second-order valence-electron chi connectivity index (χ2n) is 5.54. The number of halogens is 1. The molecule has 0 saturated heterocycles. The van der Waals surface area contributed by atoms with Gasteiger partial charge in [0.2, 0.25) is 0 Å². The first-order valence-electron chi connectivity index (χ1n) is 7.44. The second-order valence-corrected chi connectivity index (χ2v) is 6.33. The van der Waals surface area contributed by atoms with Gasteiger partial charge >= 0.3 is 0 Å². The van der Waals surface area contributed by atoms with Crippen molar-refractivity contribution in [2.24, 2.45) is 7.05 Å². The Balaban J connectivity index is 2.99. The smallest absolute Gasteiger partial charge is 0.0782 e. The molecule has 1 aromatic heterocycles. The molecule has 4 nitrogen and oxygen atoms in total. The summed E-state index contributed by atoms with van der Waals surface area (Å²) in [7, 11) is 2.01. The van der Waals surface area contributed by atoms with Gasteiger partial charge in [0.15, 0.2) is 0 Å². The number of hydrogen-bond acceptors (Lipinski definition) is 3. The Morgan fingerprint density at radius 2 is 2.00 bits per heavy atom. The van der Waals surface area contributed by atoms with E-state index in [-0.39, 0.29) is 11.6 Å². The molecule has 0 aliphatic rings. The third-order valence-electron chi connectivity index (χ3n) is 3.71. The molecule has 1 heterocycles. The molecule has 0 radical (unpaired) electrons. The first kappa shape index (κ1) is 17.7. The van der Waals surface area contributed by atoms with Gasteiger partial charge in [-0.15, -0.1) is 0 Å². The van der Waals surface area contributed by atoms with Gasteiger partial charge in [-0.2, -0.15) is 5.10 Å². The van der Waals surface area contributed by atoms with Crippen molar-refractivity contribution in [2.45, 2.75) is 59.1 Å². The van der Waals surface area contributed by atoms with Crippen LogP contribution in [0.3, 0.4) is 0 Å². The van der Waals surface area contributed by atoms with Crippen LogP contribution < -0.4 is 5.32 Å². The molecule has 1 atom stereocenters. The van der Waals surface area contributed by atoms with Gasteiger partial charge in [-0.1, -0.05) is 13.8 Å². The van der Waals surface area contributed by atoms with Gasteiger partial charge in [0, 0.05) is 26.1 Å². The zero-order chi connectivity index (χ0) is 15.3. The zero-order valence-corrected chi connectivity index (χ0v) is 15.2. The lowest BCUT2D eigenvalue weighted by atomic mass is 9.93. The third-order valence-corrected chi connectivity index (χ3v) is 4.62. The van der Waals surface area contributed by atoms with E-state index in [0.717, 1.165) is 36.2 Å². The van der Waals surface area contributed by atoms with Crippen molar-refractivity contribution in [3.05, 3.63) is 15.9 Å². The lowest BCUT2D eigenvalue weighted by Crippen LogP contribution is -2.50. The van der Waals surface area contributed by atoms with Crippen LogP contribution in [-0.2, 0) is 24.6 Å². The van der Waals surface area contributed by atoms with Gasteiger partial charge in [-0.05, 0) is 49.7 Å². The lowest BCUT2D eigenvalue weighted by Gasteiger charge is -2.35. The summed E-state index contributed by atoms with van der Waals surface area (Å²) < 4.78 is 9.04. The van der Waals surface area contributed by atoms with E-state index < -0.39 is 0 Å².